The summed E-state index contributed by atoms with van der Waals surface area (Å²) in [4.78, 5) is 27.4. The van der Waals surface area contributed by atoms with Gasteiger partial charge in [0, 0.05) is 25.7 Å². The van der Waals surface area contributed by atoms with Crippen LogP contribution in [0.25, 0.3) is 0 Å². The van der Waals surface area contributed by atoms with Gasteiger partial charge in [0.15, 0.2) is 5.78 Å². The number of ether oxygens (including phenoxy) is 1. The van der Waals surface area contributed by atoms with E-state index in [1.54, 1.807) is 6.92 Å². The zero-order valence-electron chi connectivity index (χ0n) is 11.6. The molecule has 0 aromatic heterocycles. The summed E-state index contributed by atoms with van der Waals surface area (Å²) in [6.07, 6.45) is -0.101. The van der Waals surface area contributed by atoms with Crippen molar-refractivity contribution in [3.05, 3.63) is 0 Å². The maximum absolute atomic E-state index is 11.7. The standard InChI is InChI=1S/C13H24N2O3/c1-4-15-7-6-14(9-11(15)3)10-12(16)8-13(17)18-5-2/h11H,4-10H2,1-3H3. The second-order valence-electron chi connectivity index (χ2n) is 4.73. The number of carbonyl (C=O) groups excluding carboxylic acids is 2. The minimum Gasteiger partial charge on any atom is -0.466 e. The van der Waals surface area contributed by atoms with Gasteiger partial charge in [0.2, 0.25) is 0 Å². The Hall–Kier alpha value is -0.940. The highest BCUT2D eigenvalue weighted by atomic mass is 16.5. The molecule has 1 rings (SSSR count). The van der Waals surface area contributed by atoms with Gasteiger partial charge < -0.3 is 4.74 Å². The van der Waals surface area contributed by atoms with Crippen LogP contribution in [0.1, 0.15) is 27.2 Å². The molecule has 1 fully saturated rings. The first-order valence-electron chi connectivity index (χ1n) is 6.70. The topological polar surface area (TPSA) is 49.9 Å². The SMILES string of the molecule is CCOC(=O)CC(=O)CN1CCN(CC)C(C)C1. The van der Waals surface area contributed by atoms with E-state index in [0.717, 1.165) is 26.2 Å². The zero-order chi connectivity index (χ0) is 13.5. The molecule has 5 nitrogen and oxygen atoms in total. The van der Waals surface area contributed by atoms with Crippen molar-refractivity contribution in [2.45, 2.75) is 33.2 Å². The predicted molar refractivity (Wildman–Crippen MR) is 69.4 cm³/mol. The number of piperazine rings is 1. The van der Waals surface area contributed by atoms with E-state index in [-0.39, 0.29) is 12.2 Å². The van der Waals surface area contributed by atoms with Crippen molar-refractivity contribution in [3.8, 4) is 0 Å². The Morgan fingerprint density at radius 2 is 2.00 bits per heavy atom. The van der Waals surface area contributed by atoms with E-state index in [9.17, 15) is 9.59 Å². The van der Waals surface area contributed by atoms with Crippen molar-refractivity contribution in [1.29, 1.82) is 0 Å². The maximum Gasteiger partial charge on any atom is 0.313 e. The first kappa shape index (κ1) is 15.1. The van der Waals surface area contributed by atoms with Gasteiger partial charge in [0.05, 0.1) is 13.2 Å². The number of ketones is 1. The zero-order valence-corrected chi connectivity index (χ0v) is 11.6. The summed E-state index contributed by atoms with van der Waals surface area (Å²) in [5.41, 5.74) is 0. The van der Waals surface area contributed by atoms with Gasteiger partial charge in [0.1, 0.15) is 6.42 Å². The van der Waals surface area contributed by atoms with Gasteiger partial charge in [-0.2, -0.15) is 0 Å². The Labute approximate surface area is 109 Å². The van der Waals surface area contributed by atoms with Crippen molar-refractivity contribution >= 4 is 11.8 Å². The Bertz CT molecular complexity index is 294. The molecule has 1 aliphatic heterocycles. The molecule has 104 valence electrons. The number of hydrogen-bond acceptors (Lipinski definition) is 5. The Morgan fingerprint density at radius 3 is 2.56 bits per heavy atom. The first-order chi connectivity index (χ1) is 8.56. The van der Waals surface area contributed by atoms with Gasteiger partial charge in [-0.15, -0.1) is 0 Å². The Kier molecular flexibility index (Phi) is 6.29. The van der Waals surface area contributed by atoms with Crippen LogP contribution < -0.4 is 0 Å². The van der Waals surface area contributed by atoms with Crippen LogP contribution in [0.4, 0.5) is 0 Å². The monoisotopic (exact) mass is 256 g/mol. The van der Waals surface area contributed by atoms with Gasteiger partial charge in [0.25, 0.3) is 0 Å². The normalized spacial score (nSPS) is 21.8. The van der Waals surface area contributed by atoms with Crippen molar-refractivity contribution in [2.75, 3.05) is 39.3 Å². The van der Waals surface area contributed by atoms with Crippen molar-refractivity contribution in [1.82, 2.24) is 9.80 Å². The van der Waals surface area contributed by atoms with Crippen molar-refractivity contribution in [3.63, 3.8) is 0 Å². The maximum atomic E-state index is 11.7. The van der Waals surface area contributed by atoms with E-state index in [4.69, 9.17) is 4.74 Å². The van der Waals surface area contributed by atoms with Crippen LogP contribution in [0.3, 0.4) is 0 Å². The third kappa shape index (κ3) is 4.74. The van der Waals surface area contributed by atoms with Crippen LogP contribution in [0.2, 0.25) is 0 Å². The van der Waals surface area contributed by atoms with Gasteiger partial charge in [-0.25, -0.2) is 0 Å². The van der Waals surface area contributed by atoms with Crippen LogP contribution in [0.15, 0.2) is 0 Å². The molecule has 0 amide bonds. The summed E-state index contributed by atoms with van der Waals surface area (Å²) in [6, 6.07) is 0.471. The number of Topliss-reactive ketones (excluding diaryl/α,β-unsaturated/α-hetero) is 1. The molecule has 1 heterocycles. The molecule has 18 heavy (non-hydrogen) atoms. The summed E-state index contributed by atoms with van der Waals surface area (Å²) in [6.45, 7) is 10.6. The fourth-order valence-corrected chi connectivity index (χ4v) is 2.36. The van der Waals surface area contributed by atoms with E-state index < -0.39 is 5.97 Å². The summed E-state index contributed by atoms with van der Waals surface area (Å²) in [5.74, 6) is -0.464. The fourth-order valence-electron chi connectivity index (χ4n) is 2.36. The summed E-state index contributed by atoms with van der Waals surface area (Å²) in [7, 11) is 0. The number of likely N-dealkylation sites (N-methyl/N-ethyl adjacent to an activating group) is 1. The lowest BCUT2D eigenvalue weighted by molar-refractivity contribution is -0.145. The van der Waals surface area contributed by atoms with Gasteiger partial charge >= 0.3 is 5.97 Å². The fraction of sp³-hybridized carbons (Fsp3) is 0.846. The molecule has 0 aliphatic carbocycles. The third-order valence-electron chi connectivity index (χ3n) is 3.30. The summed E-state index contributed by atoms with van der Waals surface area (Å²) < 4.78 is 4.77. The Morgan fingerprint density at radius 1 is 1.28 bits per heavy atom. The quantitative estimate of drug-likeness (QED) is 0.513. The van der Waals surface area contributed by atoms with E-state index >= 15 is 0 Å². The number of hydrogen-bond donors (Lipinski definition) is 0. The number of nitrogens with zero attached hydrogens (tertiary/aromatic N) is 2. The minimum atomic E-state index is -0.414. The van der Waals surface area contributed by atoms with Gasteiger partial charge in [-0.3, -0.25) is 19.4 Å². The average molecular weight is 256 g/mol. The third-order valence-corrected chi connectivity index (χ3v) is 3.30. The number of rotatable bonds is 6. The molecule has 0 spiro atoms. The van der Waals surface area contributed by atoms with Crippen LogP contribution in [-0.4, -0.2) is 66.9 Å². The van der Waals surface area contributed by atoms with Gasteiger partial charge in [-0.1, -0.05) is 6.92 Å². The largest absolute Gasteiger partial charge is 0.466 e. The molecule has 1 saturated heterocycles. The van der Waals surface area contributed by atoms with Crippen molar-refractivity contribution in [2.24, 2.45) is 0 Å². The van der Waals surface area contributed by atoms with Crippen LogP contribution >= 0.6 is 0 Å². The summed E-state index contributed by atoms with van der Waals surface area (Å²) >= 11 is 0. The average Bonchev–Trinajstić information content (AvgIpc) is 2.29. The van der Waals surface area contributed by atoms with Crippen LogP contribution in [0.5, 0.6) is 0 Å². The highest BCUT2D eigenvalue weighted by molar-refractivity contribution is 5.96. The smallest absolute Gasteiger partial charge is 0.313 e. The number of carbonyl (C=O) groups is 2. The predicted octanol–water partition coefficient (Wildman–Crippen LogP) is 0.535. The van der Waals surface area contributed by atoms with E-state index in [2.05, 4.69) is 23.6 Å². The van der Waals surface area contributed by atoms with Crippen LogP contribution in [-0.2, 0) is 14.3 Å². The molecule has 0 radical (unpaired) electrons. The molecule has 0 bridgehead atoms. The molecule has 1 atom stereocenters. The van der Waals surface area contributed by atoms with E-state index in [1.807, 2.05) is 0 Å². The molecular formula is C13H24N2O3. The molecule has 1 aliphatic rings. The molecule has 1 unspecified atom stereocenters. The molecule has 5 heteroatoms. The lowest BCUT2D eigenvalue weighted by Gasteiger charge is -2.38. The highest BCUT2D eigenvalue weighted by Gasteiger charge is 2.24. The summed E-state index contributed by atoms with van der Waals surface area (Å²) in [5, 5.41) is 0. The lowest BCUT2D eigenvalue weighted by atomic mass is 10.1. The second kappa shape index (κ2) is 7.48. The second-order valence-corrected chi connectivity index (χ2v) is 4.73. The molecule has 0 saturated carbocycles. The minimum absolute atomic E-state index is 0.0504. The van der Waals surface area contributed by atoms with Crippen LogP contribution in [0, 0.1) is 0 Å². The Balaban J connectivity index is 2.31. The molecule has 0 aromatic carbocycles. The van der Waals surface area contributed by atoms with Crippen molar-refractivity contribution < 1.29 is 14.3 Å². The lowest BCUT2D eigenvalue weighted by Crippen LogP contribution is -2.52. The molecule has 0 aromatic rings. The van der Waals surface area contributed by atoms with E-state index in [0.29, 0.717) is 19.2 Å². The molecular weight excluding hydrogens is 232 g/mol. The van der Waals surface area contributed by atoms with Gasteiger partial charge in [-0.05, 0) is 20.4 Å². The number of esters is 1. The highest BCUT2D eigenvalue weighted by Crippen LogP contribution is 2.09. The van der Waals surface area contributed by atoms with E-state index in [1.165, 1.54) is 0 Å². The molecule has 0 N–H and O–H groups in total. The first-order valence-corrected chi connectivity index (χ1v) is 6.70.